The molecule has 0 aromatic rings. The van der Waals surface area contributed by atoms with Gasteiger partial charge in [-0.05, 0) is 27.2 Å². The summed E-state index contributed by atoms with van der Waals surface area (Å²) in [6.07, 6.45) is 1.06. The minimum atomic E-state index is -0.177. The number of ether oxygens (including phenoxy) is 1. The molecule has 90 valence electrons. The fourth-order valence-corrected chi connectivity index (χ4v) is 1.21. The predicted molar refractivity (Wildman–Crippen MR) is 61.8 cm³/mol. The maximum atomic E-state index is 11.5. The van der Waals surface area contributed by atoms with Crippen molar-refractivity contribution in [3.05, 3.63) is 0 Å². The van der Waals surface area contributed by atoms with Gasteiger partial charge in [0.05, 0.1) is 12.1 Å². The first-order valence-electron chi connectivity index (χ1n) is 5.59. The summed E-state index contributed by atoms with van der Waals surface area (Å²) in [5.74, 6) is 0.0482. The first-order valence-corrected chi connectivity index (χ1v) is 5.59. The zero-order valence-corrected chi connectivity index (χ0v) is 10.5. The Morgan fingerprint density at radius 2 is 1.93 bits per heavy atom. The average Bonchev–Trinajstić information content (AvgIpc) is 2.24. The van der Waals surface area contributed by atoms with Crippen LogP contribution in [-0.4, -0.2) is 37.7 Å². The second-order valence-electron chi connectivity index (χ2n) is 3.91. The van der Waals surface area contributed by atoms with Crippen LogP contribution >= 0.6 is 0 Å². The van der Waals surface area contributed by atoms with Crippen molar-refractivity contribution in [2.24, 2.45) is 0 Å². The molecule has 4 nitrogen and oxygen atoms in total. The molecule has 0 saturated heterocycles. The van der Waals surface area contributed by atoms with Gasteiger partial charge in [-0.2, -0.15) is 0 Å². The third kappa shape index (κ3) is 5.74. The number of rotatable bonds is 7. The number of carbonyl (C=O) groups excluding carboxylic acids is 1. The van der Waals surface area contributed by atoms with E-state index in [4.69, 9.17) is 4.74 Å². The lowest BCUT2D eigenvalue weighted by atomic mass is 10.2. The number of hydrogen-bond acceptors (Lipinski definition) is 3. The van der Waals surface area contributed by atoms with Gasteiger partial charge in [0.15, 0.2) is 0 Å². The van der Waals surface area contributed by atoms with Crippen LogP contribution in [0.2, 0.25) is 0 Å². The van der Waals surface area contributed by atoms with Crippen LogP contribution < -0.4 is 10.6 Å². The number of nitrogens with one attached hydrogen (secondary N) is 2. The molecule has 0 aromatic heterocycles. The van der Waals surface area contributed by atoms with E-state index in [0.29, 0.717) is 0 Å². The van der Waals surface area contributed by atoms with E-state index in [1.54, 1.807) is 7.11 Å². The monoisotopic (exact) mass is 216 g/mol. The van der Waals surface area contributed by atoms with E-state index in [1.165, 1.54) is 0 Å². The molecule has 1 amide bonds. The zero-order valence-electron chi connectivity index (χ0n) is 10.5. The molecular weight excluding hydrogens is 192 g/mol. The van der Waals surface area contributed by atoms with Gasteiger partial charge in [-0.3, -0.25) is 4.79 Å². The lowest BCUT2D eigenvalue weighted by molar-refractivity contribution is -0.123. The third-order valence-corrected chi connectivity index (χ3v) is 2.53. The highest BCUT2D eigenvalue weighted by Crippen LogP contribution is 1.97. The number of hydrogen-bond donors (Lipinski definition) is 2. The van der Waals surface area contributed by atoms with Crippen LogP contribution in [0.15, 0.2) is 0 Å². The first-order chi connectivity index (χ1) is 7.02. The summed E-state index contributed by atoms with van der Waals surface area (Å²) >= 11 is 0. The Kier molecular flexibility index (Phi) is 7.34. The molecule has 15 heavy (non-hydrogen) atoms. The van der Waals surface area contributed by atoms with Crippen molar-refractivity contribution in [1.29, 1.82) is 0 Å². The highest BCUT2D eigenvalue weighted by molar-refractivity contribution is 5.81. The van der Waals surface area contributed by atoms with Crippen molar-refractivity contribution in [1.82, 2.24) is 10.6 Å². The molecule has 0 spiro atoms. The van der Waals surface area contributed by atoms with Crippen LogP contribution in [0.5, 0.6) is 0 Å². The third-order valence-electron chi connectivity index (χ3n) is 2.53. The Morgan fingerprint density at radius 1 is 1.33 bits per heavy atom. The lowest BCUT2D eigenvalue weighted by Crippen LogP contribution is -2.49. The van der Waals surface area contributed by atoms with Crippen LogP contribution in [0.1, 0.15) is 34.1 Å². The van der Waals surface area contributed by atoms with Crippen molar-refractivity contribution in [3.63, 3.8) is 0 Å². The Hall–Kier alpha value is -0.610. The minimum absolute atomic E-state index is 0.0482. The van der Waals surface area contributed by atoms with E-state index in [2.05, 4.69) is 10.6 Å². The number of methoxy groups -OCH3 is 1. The molecule has 0 heterocycles. The van der Waals surface area contributed by atoms with Crippen LogP contribution in [0.4, 0.5) is 0 Å². The van der Waals surface area contributed by atoms with Gasteiger partial charge < -0.3 is 15.4 Å². The van der Waals surface area contributed by atoms with E-state index in [9.17, 15) is 4.79 Å². The molecule has 3 atom stereocenters. The predicted octanol–water partition coefficient (Wildman–Crippen LogP) is 0.914. The normalized spacial score (nSPS) is 16.9. The van der Waals surface area contributed by atoms with Crippen LogP contribution in [-0.2, 0) is 9.53 Å². The smallest absolute Gasteiger partial charge is 0.236 e. The van der Waals surface area contributed by atoms with Gasteiger partial charge in [-0.15, -0.1) is 0 Å². The van der Waals surface area contributed by atoms with Crippen molar-refractivity contribution in [2.45, 2.75) is 52.3 Å². The molecule has 2 N–H and O–H groups in total. The van der Waals surface area contributed by atoms with Gasteiger partial charge in [-0.25, -0.2) is 0 Å². The lowest BCUT2D eigenvalue weighted by Gasteiger charge is -2.23. The average molecular weight is 216 g/mol. The quantitative estimate of drug-likeness (QED) is 0.665. The van der Waals surface area contributed by atoms with Gasteiger partial charge in [0.1, 0.15) is 0 Å². The molecule has 3 unspecified atom stereocenters. The molecule has 0 saturated carbocycles. The maximum absolute atomic E-state index is 11.5. The van der Waals surface area contributed by atoms with Gasteiger partial charge in [0.25, 0.3) is 0 Å². The molecule has 0 bridgehead atoms. The van der Waals surface area contributed by atoms with Crippen LogP contribution in [0.3, 0.4) is 0 Å². The fraction of sp³-hybridized carbons (Fsp3) is 0.909. The SMILES string of the molecule is CCCNC(=O)C(C)NC(C)C(C)OC. The molecule has 4 heteroatoms. The maximum Gasteiger partial charge on any atom is 0.236 e. The molecule has 0 aliphatic rings. The van der Waals surface area contributed by atoms with Gasteiger partial charge in [0, 0.05) is 19.7 Å². The molecular formula is C11H24N2O2. The summed E-state index contributed by atoms with van der Waals surface area (Å²) < 4.78 is 5.18. The Morgan fingerprint density at radius 3 is 2.40 bits per heavy atom. The summed E-state index contributed by atoms with van der Waals surface area (Å²) in [4.78, 5) is 11.5. The summed E-state index contributed by atoms with van der Waals surface area (Å²) in [6.45, 7) is 8.63. The van der Waals surface area contributed by atoms with Crippen molar-refractivity contribution < 1.29 is 9.53 Å². The van der Waals surface area contributed by atoms with Gasteiger partial charge >= 0.3 is 0 Å². The van der Waals surface area contributed by atoms with Crippen LogP contribution in [0.25, 0.3) is 0 Å². The van der Waals surface area contributed by atoms with Gasteiger partial charge in [-0.1, -0.05) is 6.92 Å². The summed E-state index contributed by atoms with van der Waals surface area (Å²) in [7, 11) is 1.67. The Balaban J connectivity index is 3.90. The fourth-order valence-electron chi connectivity index (χ4n) is 1.21. The highest BCUT2D eigenvalue weighted by atomic mass is 16.5. The topological polar surface area (TPSA) is 50.4 Å². The highest BCUT2D eigenvalue weighted by Gasteiger charge is 2.18. The van der Waals surface area contributed by atoms with Crippen molar-refractivity contribution >= 4 is 5.91 Å². The largest absolute Gasteiger partial charge is 0.380 e. The van der Waals surface area contributed by atoms with E-state index >= 15 is 0 Å². The van der Waals surface area contributed by atoms with Crippen molar-refractivity contribution in [2.75, 3.05) is 13.7 Å². The van der Waals surface area contributed by atoms with E-state index in [1.807, 2.05) is 27.7 Å². The van der Waals surface area contributed by atoms with E-state index in [-0.39, 0.29) is 24.1 Å². The van der Waals surface area contributed by atoms with E-state index in [0.717, 1.165) is 13.0 Å². The first kappa shape index (κ1) is 14.4. The minimum Gasteiger partial charge on any atom is -0.380 e. The number of carbonyl (C=O) groups is 1. The molecule has 0 aromatic carbocycles. The second kappa shape index (κ2) is 7.65. The molecule has 0 rings (SSSR count). The Labute approximate surface area is 92.8 Å². The standard InChI is InChI=1S/C11H24N2O2/c1-6-7-12-11(14)9(3)13-8(2)10(4)15-5/h8-10,13H,6-7H2,1-5H3,(H,12,14). The molecule has 0 fully saturated rings. The molecule has 0 aliphatic heterocycles. The summed E-state index contributed by atoms with van der Waals surface area (Å²) in [5, 5.41) is 6.05. The Bertz CT molecular complexity index is 185. The van der Waals surface area contributed by atoms with Crippen LogP contribution in [0, 0.1) is 0 Å². The number of amides is 1. The zero-order chi connectivity index (χ0) is 11.8. The second-order valence-corrected chi connectivity index (χ2v) is 3.91. The van der Waals surface area contributed by atoms with Gasteiger partial charge in [0.2, 0.25) is 5.91 Å². The molecule has 0 radical (unpaired) electrons. The summed E-state index contributed by atoms with van der Waals surface area (Å²) in [6, 6.07) is -0.0125. The molecule has 0 aliphatic carbocycles. The van der Waals surface area contributed by atoms with E-state index < -0.39 is 0 Å². The van der Waals surface area contributed by atoms with Crippen molar-refractivity contribution in [3.8, 4) is 0 Å². The summed E-state index contributed by atoms with van der Waals surface area (Å²) in [5.41, 5.74) is 0.